The van der Waals surface area contributed by atoms with Gasteiger partial charge in [0.1, 0.15) is 0 Å². The molecule has 3 N–H and O–H groups in total. The maximum atomic E-state index is 11.7. The van der Waals surface area contributed by atoms with Gasteiger partial charge < -0.3 is 15.8 Å². The van der Waals surface area contributed by atoms with Crippen molar-refractivity contribution in [1.29, 1.82) is 0 Å². The first-order valence-corrected chi connectivity index (χ1v) is 5.98. The standard InChI is InChI=1S/C13H21N3O2/c1-9(2)18-11-10(6-5-7-15-11)8-16-12(17)13(3,4)14/h5-7,9H,8,14H2,1-4H3,(H,16,17). The Morgan fingerprint density at radius 1 is 1.56 bits per heavy atom. The van der Waals surface area contributed by atoms with E-state index in [1.165, 1.54) is 0 Å². The molecule has 0 unspecified atom stereocenters. The Bertz CT molecular complexity index is 411. The van der Waals surface area contributed by atoms with Gasteiger partial charge in [-0.25, -0.2) is 4.98 Å². The maximum Gasteiger partial charge on any atom is 0.239 e. The molecule has 0 aromatic carbocycles. The molecule has 100 valence electrons. The second kappa shape index (κ2) is 5.82. The lowest BCUT2D eigenvalue weighted by atomic mass is 10.1. The molecule has 0 saturated heterocycles. The van der Waals surface area contributed by atoms with E-state index in [1.807, 2.05) is 26.0 Å². The smallest absolute Gasteiger partial charge is 0.239 e. The first kappa shape index (κ1) is 14.4. The molecule has 0 radical (unpaired) electrons. The summed E-state index contributed by atoms with van der Waals surface area (Å²) in [5.74, 6) is 0.337. The van der Waals surface area contributed by atoms with Gasteiger partial charge >= 0.3 is 0 Å². The zero-order chi connectivity index (χ0) is 13.8. The molecule has 0 spiro atoms. The lowest BCUT2D eigenvalue weighted by Gasteiger charge is -2.18. The van der Waals surface area contributed by atoms with E-state index >= 15 is 0 Å². The molecule has 18 heavy (non-hydrogen) atoms. The number of carbonyl (C=O) groups is 1. The van der Waals surface area contributed by atoms with Gasteiger partial charge in [-0.3, -0.25) is 4.79 Å². The number of ether oxygens (including phenoxy) is 1. The van der Waals surface area contributed by atoms with Crippen molar-refractivity contribution in [3.63, 3.8) is 0 Å². The van der Waals surface area contributed by atoms with Gasteiger partial charge in [-0.2, -0.15) is 0 Å². The van der Waals surface area contributed by atoms with Crippen LogP contribution in [-0.2, 0) is 11.3 Å². The molecule has 1 rings (SSSR count). The molecule has 0 fully saturated rings. The highest BCUT2D eigenvalue weighted by atomic mass is 16.5. The quantitative estimate of drug-likeness (QED) is 0.825. The molecule has 5 nitrogen and oxygen atoms in total. The first-order chi connectivity index (χ1) is 8.30. The molecule has 0 aliphatic carbocycles. The van der Waals surface area contributed by atoms with E-state index in [0.29, 0.717) is 12.4 Å². The van der Waals surface area contributed by atoms with Crippen molar-refractivity contribution >= 4 is 5.91 Å². The summed E-state index contributed by atoms with van der Waals surface area (Å²) in [6.07, 6.45) is 1.70. The van der Waals surface area contributed by atoms with Crippen LogP contribution >= 0.6 is 0 Å². The third-order valence-corrected chi connectivity index (χ3v) is 2.22. The lowest BCUT2D eigenvalue weighted by molar-refractivity contribution is -0.125. The Hall–Kier alpha value is -1.62. The van der Waals surface area contributed by atoms with Crippen molar-refractivity contribution in [2.75, 3.05) is 0 Å². The zero-order valence-electron chi connectivity index (χ0n) is 11.4. The molecule has 0 atom stereocenters. The second-order valence-electron chi connectivity index (χ2n) is 5.04. The van der Waals surface area contributed by atoms with Crippen LogP contribution in [0.5, 0.6) is 5.88 Å². The van der Waals surface area contributed by atoms with E-state index in [9.17, 15) is 4.79 Å². The summed E-state index contributed by atoms with van der Waals surface area (Å²) < 4.78 is 5.57. The van der Waals surface area contributed by atoms with Crippen LogP contribution in [0.1, 0.15) is 33.3 Å². The van der Waals surface area contributed by atoms with Crippen LogP contribution in [0.15, 0.2) is 18.3 Å². The SMILES string of the molecule is CC(C)Oc1ncccc1CNC(=O)C(C)(C)N. The fraction of sp³-hybridized carbons (Fsp3) is 0.538. The average molecular weight is 251 g/mol. The van der Waals surface area contributed by atoms with Crippen molar-refractivity contribution < 1.29 is 9.53 Å². The van der Waals surface area contributed by atoms with Gasteiger partial charge in [-0.15, -0.1) is 0 Å². The zero-order valence-corrected chi connectivity index (χ0v) is 11.4. The lowest BCUT2D eigenvalue weighted by Crippen LogP contribution is -2.48. The molecule has 1 amide bonds. The Morgan fingerprint density at radius 3 is 2.78 bits per heavy atom. The monoisotopic (exact) mass is 251 g/mol. The van der Waals surface area contributed by atoms with E-state index in [-0.39, 0.29) is 12.0 Å². The number of pyridine rings is 1. The number of nitrogens with zero attached hydrogens (tertiary/aromatic N) is 1. The molecule has 1 heterocycles. The topological polar surface area (TPSA) is 77.2 Å². The van der Waals surface area contributed by atoms with Crippen molar-refractivity contribution in [1.82, 2.24) is 10.3 Å². The molecule has 5 heteroatoms. The van der Waals surface area contributed by atoms with Crippen LogP contribution in [0, 0.1) is 0 Å². The van der Waals surface area contributed by atoms with Crippen LogP contribution in [0.3, 0.4) is 0 Å². The largest absolute Gasteiger partial charge is 0.475 e. The molecule has 0 aliphatic heterocycles. The van der Waals surface area contributed by atoms with Gasteiger partial charge in [0, 0.05) is 18.3 Å². The van der Waals surface area contributed by atoms with Crippen molar-refractivity contribution in [2.24, 2.45) is 5.73 Å². The van der Waals surface area contributed by atoms with Crippen molar-refractivity contribution in [3.8, 4) is 5.88 Å². The van der Waals surface area contributed by atoms with Crippen LogP contribution in [0.2, 0.25) is 0 Å². The summed E-state index contributed by atoms with van der Waals surface area (Å²) in [6.45, 7) is 7.55. The van der Waals surface area contributed by atoms with E-state index in [4.69, 9.17) is 10.5 Å². The van der Waals surface area contributed by atoms with Gasteiger partial charge in [0.05, 0.1) is 11.6 Å². The molecule has 0 bridgehead atoms. The highest BCUT2D eigenvalue weighted by Crippen LogP contribution is 2.15. The summed E-state index contributed by atoms with van der Waals surface area (Å²) >= 11 is 0. The van der Waals surface area contributed by atoms with Gasteiger partial charge in [0.15, 0.2) is 0 Å². The molecular weight excluding hydrogens is 230 g/mol. The van der Waals surface area contributed by atoms with Crippen LogP contribution in [-0.4, -0.2) is 22.5 Å². The minimum atomic E-state index is -0.888. The molecule has 0 saturated carbocycles. The normalized spacial score (nSPS) is 11.4. The number of amides is 1. The highest BCUT2D eigenvalue weighted by Gasteiger charge is 2.21. The van der Waals surface area contributed by atoms with E-state index in [2.05, 4.69) is 10.3 Å². The van der Waals surface area contributed by atoms with Gasteiger partial charge in [-0.05, 0) is 33.8 Å². The summed E-state index contributed by atoms with van der Waals surface area (Å²) in [5, 5.41) is 2.77. The highest BCUT2D eigenvalue weighted by molar-refractivity contribution is 5.85. The summed E-state index contributed by atoms with van der Waals surface area (Å²) in [5.41, 5.74) is 5.65. The number of aromatic nitrogens is 1. The number of rotatable bonds is 5. The third-order valence-electron chi connectivity index (χ3n) is 2.22. The van der Waals surface area contributed by atoms with Gasteiger partial charge in [0.2, 0.25) is 11.8 Å². The number of nitrogens with two attached hydrogens (primary N) is 1. The van der Waals surface area contributed by atoms with Crippen LogP contribution in [0.25, 0.3) is 0 Å². The molecule has 0 aliphatic rings. The molecular formula is C13H21N3O2. The molecule has 1 aromatic heterocycles. The van der Waals surface area contributed by atoms with Crippen molar-refractivity contribution in [3.05, 3.63) is 23.9 Å². The minimum absolute atomic E-state index is 0.0419. The molecule has 1 aromatic rings. The van der Waals surface area contributed by atoms with E-state index < -0.39 is 5.54 Å². The minimum Gasteiger partial charge on any atom is -0.475 e. The Balaban J connectivity index is 2.70. The number of hydrogen-bond donors (Lipinski definition) is 2. The maximum absolute atomic E-state index is 11.7. The summed E-state index contributed by atoms with van der Waals surface area (Å²) in [4.78, 5) is 15.8. The third kappa shape index (κ3) is 4.33. The predicted octanol–water partition coefficient (Wildman–Crippen LogP) is 1.22. The van der Waals surface area contributed by atoms with Gasteiger partial charge in [-0.1, -0.05) is 6.07 Å². The number of carbonyl (C=O) groups excluding carboxylic acids is 1. The average Bonchev–Trinajstić information content (AvgIpc) is 2.25. The van der Waals surface area contributed by atoms with Crippen LogP contribution < -0.4 is 15.8 Å². The predicted molar refractivity (Wildman–Crippen MR) is 70.1 cm³/mol. The Labute approximate surface area is 108 Å². The fourth-order valence-corrected chi connectivity index (χ4v) is 1.29. The number of hydrogen-bond acceptors (Lipinski definition) is 4. The van der Waals surface area contributed by atoms with E-state index in [1.54, 1.807) is 20.0 Å². The summed E-state index contributed by atoms with van der Waals surface area (Å²) in [7, 11) is 0. The van der Waals surface area contributed by atoms with E-state index in [0.717, 1.165) is 5.56 Å². The Morgan fingerprint density at radius 2 is 2.22 bits per heavy atom. The first-order valence-electron chi connectivity index (χ1n) is 5.98. The number of nitrogens with one attached hydrogen (secondary N) is 1. The fourth-order valence-electron chi connectivity index (χ4n) is 1.29. The summed E-state index contributed by atoms with van der Waals surface area (Å²) in [6, 6.07) is 3.68. The van der Waals surface area contributed by atoms with Gasteiger partial charge in [0.25, 0.3) is 0 Å². The van der Waals surface area contributed by atoms with Crippen molar-refractivity contribution in [2.45, 2.75) is 45.9 Å². The second-order valence-corrected chi connectivity index (χ2v) is 5.04. The Kier molecular flexibility index (Phi) is 4.67. The van der Waals surface area contributed by atoms with Crippen LogP contribution in [0.4, 0.5) is 0 Å².